The van der Waals surface area contributed by atoms with E-state index in [1.54, 1.807) is 11.3 Å². The Morgan fingerprint density at radius 3 is 2.63 bits per heavy atom. The minimum absolute atomic E-state index is 0.176. The van der Waals surface area contributed by atoms with Crippen LogP contribution in [0.5, 0.6) is 0 Å². The van der Waals surface area contributed by atoms with Crippen molar-refractivity contribution in [2.75, 3.05) is 25.0 Å². The van der Waals surface area contributed by atoms with Crippen LogP contribution in [-0.4, -0.2) is 35.6 Å². The average molecular weight is 400 g/mol. The highest BCUT2D eigenvalue weighted by molar-refractivity contribution is 7.11. The number of alkyl halides is 3. The second-order valence-electron chi connectivity index (χ2n) is 5.69. The second-order valence-corrected chi connectivity index (χ2v) is 6.98. The van der Waals surface area contributed by atoms with Gasteiger partial charge in [0.05, 0.1) is 22.8 Å². The third-order valence-electron chi connectivity index (χ3n) is 3.55. The molecule has 2 heterocycles. The molecule has 6 nitrogen and oxygen atoms in total. The number of nitrogens with zero attached hydrogens (tertiary/aromatic N) is 3. The highest BCUT2D eigenvalue weighted by Gasteiger charge is 2.33. The Hall–Kier alpha value is -2.36. The predicted molar refractivity (Wildman–Crippen MR) is 102 cm³/mol. The lowest BCUT2D eigenvalue weighted by Crippen LogP contribution is -2.39. The first-order valence-corrected chi connectivity index (χ1v) is 9.34. The van der Waals surface area contributed by atoms with E-state index in [0.717, 1.165) is 21.6 Å². The molecule has 0 atom stereocenters. The topological polar surface area (TPSA) is 74.2 Å². The first-order valence-electron chi connectivity index (χ1n) is 8.52. The fourth-order valence-electron chi connectivity index (χ4n) is 2.35. The number of anilines is 1. The Morgan fingerprint density at radius 2 is 2.00 bits per heavy atom. The Labute approximate surface area is 160 Å². The van der Waals surface area contributed by atoms with Gasteiger partial charge >= 0.3 is 6.18 Å². The highest BCUT2D eigenvalue weighted by atomic mass is 32.1. The summed E-state index contributed by atoms with van der Waals surface area (Å²) in [5, 5.41) is 9.93. The van der Waals surface area contributed by atoms with Gasteiger partial charge in [-0.05, 0) is 32.9 Å². The number of guanidine groups is 1. The van der Waals surface area contributed by atoms with Crippen molar-refractivity contribution < 1.29 is 13.2 Å². The minimum Gasteiger partial charge on any atom is -0.368 e. The molecule has 0 bridgehead atoms. The standard InChI is InChI=1S/C17H23F3N6S/c1-4-21-16(25-10-14-11(2)26-12(3)27-14)24-9-8-23-15-13(17(18,19)20)6-5-7-22-15/h5-7H,4,8-10H2,1-3H3,(H,22,23)(H2,21,24,25). The molecular weight excluding hydrogens is 377 g/mol. The van der Waals surface area contributed by atoms with E-state index in [-0.39, 0.29) is 12.4 Å². The van der Waals surface area contributed by atoms with Crippen LogP contribution in [0.25, 0.3) is 0 Å². The van der Waals surface area contributed by atoms with Crippen molar-refractivity contribution in [2.24, 2.45) is 4.99 Å². The van der Waals surface area contributed by atoms with Crippen LogP contribution in [0, 0.1) is 13.8 Å². The van der Waals surface area contributed by atoms with Gasteiger partial charge in [-0.1, -0.05) is 0 Å². The lowest BCUT2D eigenvalue weighted by molar-refractivity contribution is -0.137. The van der Waals surface area contributed by atoms with E-state index in [1.165, 1.54) is 12.3 Å². The van der Waals surface area contributed by atoms with Crippen LogP contribution in [0.4, 0.5) is 19.0 Å². The van der Waals surface area contributed by atoms with E-state index in [0.29, 0.717) is 25.6 Å². The molecule has 2 aromatic rings. The van der Waals surface area contributed by atoms with E-state index in [4.69, 9.17) is 0 Å². The zero-order valence-electron chi connectivity index (χ0n) is 15.4. The van der Waals surface area contributed by atoms with Crippen LogP contribution in [0.1, 0.15) is 28.1 Å². The van der Waals surface area contributed by atoms with Crippen LogP contribution in [0.2, 0.25) is 0 Å². The van der Waals surface area contributed by atoms with Crippen molar-refractivity contribution in [3.05, 3.63) is 39.5 Å². The molecule has 3 N–H and O–H groups in total. The smallest absolute Gasteiger partial charge is 0.368 e. The summed E-state index contributed by atoms with van der Waals surface area (Å²) in [5.41, 5.74) is 0.190. The monoisotopic (exact) mass is 400 g/mol. The maximum absolute atomic E-state index is 13.0. The number of hydrogen-bond acceptors (Lipinski definition) is 5. The number of aromatic nitrogens is 2. The van der Waals surface area contributed by atoms with Crippen molar-refractivity contribution in [3.8, 4) is 0 Å². The van der Waals surface area contributed by atoms with Crippen LogP contribution in [-0.2, 0) is 12.7 Å². The largest absolute Gasteiger partial charge is 0.419 e. The fraction of sp³-hybridized carbons (Fsp3) is 0.471. The Kier molecular flexibility index (Phi) is 7.40. The van der Waals surface area contributed by atoms with E-state index >= 15 is 0 Å². The molecule has 0 aromatic carbocycles. The van der Waals surface area contributed by atoms with Gasteiger partial charge in [-0.25, -0.2) is 15.0 Å². The van der Waals surface area contributed by atoms with E-state index in [1.807, 2.05) is 20.8 Å². The second kappa shape index (κ2) is 9.54. The van der Waals surface area contributed by atoms with Crippen molar-refractivity contribution in [1.29, 1.82) is 0 Å². The van der Waals surface area contributed by atoms with Crippen molar-refractivity contribution in [2.45, 2.75) is 33.5 Å². The van der Waals surface area contributed by atoms with Gasteiger partial charge in [-0.2, -0.15) is 13.2 Å². The van der Waals surface area contributed by atoms with Crippen LogP contribution in [0.3, 0.4) is 0 Å². The van der Waals surface area contributed by atoms with Gasteiger partial charge in [0.15, 0.2) is 5.96 Å². The average Bonchev–Trinajstić information content (AvgIpc) is 2.93. The molecule has 0 aliphatic rings. The minimum atomic E-state index is -4.44. The molecule has 10 heteroatoms. The van der Waals surface area contributed by atoms with Crippen LogP contribution >= 0.6 is 11.3 Å². The molecule has 0 spiro atoms. The molecule has 0 aliphatic heterocycles. The summed E-state index contributed by atoms with van der Waals surface area (Å²) in [6, 6.07) is 2.28. The van der Waals surface area contributed by atoms with Gasteiger partial charge < -0.3 is 16.0 Å². The normalized spacial score (nSPS) is 12.1. The van der Waals surface area contributed by atoms with E-state index < -0.39 is 11.7 Å². The number of thiazole rings is 1. The third-order valence-corrected chi connectivity index (χ3v) is 4.61. The van der Waals surface area contributed by atoms with Gasteiger partial charge in [-0.3, -0.25) is 0 Å². The number of pyridine rings is 1. The summed E-state index contributed by atoms with van der Waals surface area (Å²) in [6.45, 7) is 7.68. The summed E-state index contributed by atoms with van der Waals surface area (Å²) >= 11 is 1.60. The summed E-state index contributed by atoms with van der Waals surface area (Å²) < 4.78 is 38.9. The van der Waals surface area contributed by atoms with Crippen molar-refractivity contribution in [1.82, 2.24) is 20.6 Å². The lowest BCUT2D eigenvalue weighted by atomic mass is 10.2. The number of halogens is 3. The molecule has 0 saturated heterocycles. The molecule has 2 rings (SSSR count). The summed E-state index contributed by atoms with van der Waals surface area (Å²) in [6.07, 6.45) is -3.11. The first kappa shape index (κ1) is 20.9. The molecule has 27 heavy (non-hydrogen) atoms. The van der Waals surface area contributed by atoms with E-state index in [2.05, 4.69) is 30.9 Å². The first-order chi connectivity index (χ1) is 12.8. The number of hydrogen-bond donors (Lipinski definition) is 3. The molecule has 148 valence electrons. The molecule has 0 amide bonds. The molecule has 0 fully saturated rings. The fourth-order valence-corrected chi connectivity index (χ4v) is 3.21. The summed E-state index contributed by atoms with van der Waals surface area (Å²) in [4.78, 5) is 13.7. The molecular formula is C17H23F3N6S. The number of aliphatic imine (C=N–C) groups is 1. The van der Waals surface area contributed by atoms with Crippen molar-refractivity contribution >= 4 is 23.1 Å². The van der Waals surface area contributed by atoms with E-state index in [9.17, 15) is 13.2 Å². The maximum Gasteiger partial charge on any atom is 0.419 e. The summed E-state index contributed by atoms with van der Waals surface area (Å²) in [7, 11) is 0. The van der Waals surface area contributed by atoms with Crippen molar-refractivity contribution in [3.63, 3.8) is 0 Å². The number of rotatable bonds is 7. The Morgan fingerprint density at radius 1 is 1.22 bits per heavy atom. The van der Waals surface area contributed by atoms with Crippen LogP contribution in [0.15, 0.2) is 23.3 Å². The lowest BCUT2D eigenvalue weighted by Gasteiger charge is -2.14. The van der Waals surface area contributed by atoms with Gasteiger partial charge in [0, 0.05) is 30.7 Å². The Balaban J connectivity index is 1.90. The maximum atomic E-state index is 13.0. The molecule has 0 saturated carbocycles. The van der Waals surface area contributed by atoms with Gasteiger partial charge in [0.25, 0.3) is 0 Å². The van der Waals surface area contributed by atoms with Gasteiger partial charge in [0.2, 0.25) is 0 Å². The zero-order chi connectivity index (χ0) is 19.9. The van der Waals surface area contributed by atoms with Crippen LogP contribution < -0.4 is 16.0 Å². The SMILES string of the molecule is CCNC(=NCc1sc(C)nc1C)NCCNc1ncccc1C(F)(F)F. The molecule has 2 aromatic heterocycles. The zero-order valence-corrected chi connectivity index (χ0v) is 16.3. The molecule has 0 aliphatic carbocycles. The summed E-state index contributed by atoms with van der Waals surface area (Å²) in [5.74, 6) is 0.423. The Bertz CT molecular complexity index is 772. The number of aryl methyl sites for hydroxylation is 2. The quantitative estimate of drug-likeness (QED) is 0.378. The predicted octanol–water partition coefficient (Wildman–Crippen LogP) is 3.34. The highest BCUT2D eigenvalue weighted by Crippen LogP contribution is 2.33. The molecule has 0 unspecified atom stereocenters. The number of nitrogens with one attached hydrogen (secondary N) is 3. The molecule has 0 radical (unpaired) electrons. The van der Waals surface area contributed by atoms with Gasteiger partial charge in [0.1, 0.15) is 5.82 Å². The van der Waals surface area contributed by atoms with Gasteiger partial charge in [-0.15, -0.1) is 11.3 Å². The third kappa shape index (κ3) is 6.38.